The van der Waals surface area contributed by atoms with Gasteiger partial charge in [-0.25, -0.2) is 0 Å². The average molecular weight is 237 g/mol. The monoisotopic (exact) mass is 237 g/mol. The van der Waals surface area contributed by atoms with Crippen LogP contribution in [0.3, 0.4) is 0 Å². The second kappa shape index (κ2) is 5.32. The maximum atomic E-state index is 10.7. The Labute approximate surface area is 98.2 Å². The number of carbonyl (C=O) groups is 1. The molecule has 16 heavy (non-hydrogen) atoms. The third kappa shape index (κ3) is 3.39. The summed E-state index contributed by atoms with van der Waals surface area (Å²) in [6.07, 6.45) is 0. The molecule has 1 aromatic rings. The van der Waals surface area contributed by atoms with Gasteiger partial charge in [0, 0.05) is 12.6 Å². The molecule has 1 rings (SSSR count). The largest absolute Gasteiger partial charge is 0.332 e. The number of thiocarbonyl (C=S) groups is 1. The van der Waals surface area contributed by atoms with Gasteiger partial charge in [-0.05, 0) is 42.0 Å². The highest BCUT2D eigenvalue weighted by atomic mass is 32.1. The van der Waals surface area contributed by atoms with Crippen LogP contribution in [-0.4, -0.2) is 11.0 Å². The first-order valence-electron chi connectivity index (χ1n) is 4.55. The van der Waals surface area contributed by atoms with E-state index in [1.807, 2.05) is 6.92 Å². The smallest absolute Gasteiger partial charge is 0.222 e. The molecule has 0 saturated carbocycles. The van der Waals surface area contributed by atoms with Crippen LogP contribution in [0.5, 0.6) is 0 Å². The van der Waals surface area contributed by atoms with Crippen LogP contribution >= 0.6 is 12.2 Å². The molecule has 1 amide bonds. The highest BCUT2D eigenvalue weighted by Crippen LogP contribution is 2.21. The predicted molar refractivity (Wildman–Crippen MR) is 66.7 cm³/mol. The SMILES string of the molecule is CC(=O)NC(=S)Nc1cc(N=O)ccc1C. The van der Waals surface area contributed by atoms with Crippen molar-refractivity contribution in [3.63, 3.8) is 0 Å². The fourth-order valence-electron chi connectivity index (χ4n) is 1.11. The molecule has 0 aliphatic rings. The summed E-state index contributed by atoms with van der Waals surface area (Å²) in [4.78, 5) is 21.1. The Morgan fingerprint density at radius 3 is 2.69 bits per heavy atom. The molecule has 0 bridgehead atoms. The lowest BCUT2D eigenvalue weighted by Crippen LogP contribution is -2.32. The van der Waals surface area contributed by atoms with Gasteiger partial charge in [0.15, 0.2) is 5.11 Å². The Balaban J connectivity index is 2.83. The standard InChI is InChI=1S/C10H11N3O2S/c1-6-3-4-8(13-15)5-9(6)12-10(16)11-7(2)14/h3-5H,1-2H3,(H2,11,12,14,16). The minimum absolute atomic E-state index is 0.193. The zero-order chi connectivity index (χ0) is 12.1. The lowest BCUT2D eigenvalue weighted by atomic mass is 10.2. The van der Waals surface area contributed by atoms with E-state index in [1.165, 1.54) is 6.92 Å². The maximum absolute atomic E-state index is 10.7. The fraction of sp³-hybridized carbons (Fsp3) is 0.200. The molecular weight excluding hydrogens is 226 g/mol. The summed E-state index contributed by atoms with van der Waals surface area (Å²) in [7, 11) is 0. The first-order chi connectivity index (χ1) is 7.52. The molecule has 2 N–H and O–H groups in total. The Hall–Kier alpha value is -1.82. The maximum Gasteiger partial charge on any atom is 0.222 e. The molecule has 0 aromatic heterocycles. The van der Waals surface area contributed by atoms with E-state index in [1.54, 1.807) is 18.2 Å². The van der Waals surface area contributed by atoms with Crippen molar-refractivity contribution in [3.05, 3.63) is 28.7 Å². The normalized spacial score (nSPS) is 9.38. The summed E-state index contributed by atoms with van der Waals surface area (Å²) in [5.41, 5.74) is 1.86. The first kappa shape index (κ1) is 12.3. The summed E-state index contributed by atoms with van der Waals surface area (Å²) in [5.74, 6) is -0.250. The van der Waals surface area contributed by atoms with Gasteiger partial charge in [-0.1, -0.05) is 6.07 Å². The Bertz CT molecular complexity index is 446. The molecule has 0 fully saturated rings. The lowest BCUT2D eigenvalue weighted by Gasteiger charge is -2.10. The fourth-order valence-corrected chi connectivity index (χ4v) is 1.37. The van der Waals surface area contributed by atoms with Crippen molar-refractivity contribution in [1.29, 1.82) is 0 Å². The van der Waals surface area contributed by atoms with E-state index in [0.29, 0.717) is 11.4 Å². The van der Waals surface area contributed by atoms with Gasteiger partial charge in [-0.3, -0.25) is 4.79 Å². The summed E-state index contributed by atoms with van der Waals surface area (Å²) in [5, 5.41) is 8.26. The quantitative estimate of drug-likeness (QED) is 0.611. The Morgan fingerprint density at radius 1 is 1.44 bits per heavy atom. The molecule has 6 heteroatoms. The first-order valence-corrected chi connectivity index (χ1v) is 4.96. The van der Waals surface area contributed by atoms with Crippen molar-refractivity contribution in [2.45, 2.75) is 13.8 Å². The van der Waals surface area contributed by atoms with Crippen LogP contribution in [-0.2, 0) is 4.79 Å². The molecule has 0 unspecified atom stereocenters. The van der Waals surface area contributed by atoms with Crippen molar-refractivity contribution in [1.82, 2.24) is 5.32 Å². The topological polar surface area (TPSA) is 70.6 Å². The van der Waals surface area contributed by atoms with Crippen LogP contribution in [0.25, 0.3) is 0 Å². The van der Waals surface area contributed by atoms with Crippen LogP contribution < -0.4 is 10.6 Å². The van der Waals surface area contributed by atoms with Gasteiger partial charge in [0.2, 0.25) is 5.91 Å². The molecule has 0 aliphatic carbocycles. The predicted octanol–water partition coefficient (Wildman–Crippen LogP) is 2.23. The van der Waals surface area contributed by atoms with Crippen LogP contribution in [0.4, 0.5) is 11.4 Å². The minimum Gasteiger partial charge on any atom is -0.332 e. The average Bonchev–Trinajstić information content (AvgIpc) is 2.20. The van der Waals surface area contributed by atoms with Crippen LogP contribution in [0, 0.1) is 11.8 Å². The molecule has 0 aliphatic heterocycles. The van der Waals surface area contributed by atoms with Crippen LogP contribution in [0.15, 0.2) is 23.4 Å². The molecule has 1 aromatic carbocycles. The van der Waals surface area contributed by atoms with Gasteiger partial charge in [-0.15, -0.1) is 4.91 Å². The number of nitrogens with zero attached hydrogens (tertiary/aromatic N) is 1. The highest BCUT2D eigenvalue weighted by molar-refractivity contribution is 7.80. The lowest BCUT2D eigenvalue weighted by molar-refractivity contribution is -0.117. The summed E-state index contributed by atoms with van der Waals surface area (Å²) in [6, 6.07) is 4.92. The second-order valence-electron chi connectivity index (χ2n) is 3.23. The summed E-state index contributed by atoms with van der Waals surface area (Å²) >= 11 is 4.90. The third-order valence-corrected chi connectivity index (χ3v) is 2.07. The van der Waals surface area contributed by atoms with E-state index in [9.17, 15) is 9.70 Å². The number of hydrogen-bond donors (Lipinski definition) is 2. The zero-order valence-corrected chi connectivity index (χ0v) is 9.72. The number of aryl methyl sites for hydroxylation is 1. The molecule has 0 saturated heterocycles. The molecule has 5 nitrogen and oxygen atoms in total. The number of rotatable bonds is 2. The van der Waals surface area contributed by atoms with Crippen molar-refractivity contribution in [2.75, 3.05) is 5.32 Å². The van der Waals surface area contributed by atoms with Gasteiger partial charge in [0.25, 0.3) is 0 Å². The van der Waals surface area contributed by atoms with Gasteiger partial charge in [0.1, 0.15) is 5.69 Å². The van der Waals surface area contributed by atoms with Gasteiger partial charge >= 0.3 is 0 Å². The molecule has 0 spiro atoms. The molecular formula is C10H11N3O2S. The van der Waals surface area contributed by atoms with Crippen molar-refractivity contribution >= 4 is 34.6 Å². The number of nitroso groups, excluding NO2 is 1. The van der Waals surface area contributed by atoms with E-state index in [4.69, 9.17) is 12.2 Å². The number of hydrogen-bond acceptors (Lipinski definition) is 4. The van der Waals surface area contributed by atoms with E-state index in [0.717, 1.165) is 5.56 Å². The number of nitrogens with one attached hydrogen (secondary N) is 2. The van der Waals surface area contributed by atoms with Crippen molar-refractivity contribution in [3.8, 4) is 0 Å². The van der Waals surface area contributed by atoms with E-state index in [-0.39, 0.29) is 11.0 Å². The summed E-state index contributed by atoms with van der Waals surface area (Å²) < 4.78 is 0. The number of carbonyl (C=O) groups excluding carboxylic acids is 1. The molecule has 0 radical (unpaired) electrons. The van der Waals surface area contributed by atoms with Crippen LogP contribution in [0.2, 0.25) is 0 Å². The van der Waals surface area contributed by atoms with Crippen molar-refractivity contribution in [2.24, 2.45) is 5.18 Å². The summed E-state index contributed by atoms with van der Waals surface area (Å²) in [6.45, 7) is 3.22. The third-order valence-electron chi connectivity index (χ3n) is 1.86. The van der Waals surface area contributed by atoms with Gasteiger partial charge in [0.05, 0.1) is 0 Å². The van der Waals surface area contributed by atoms with Gasteiger partial charge < -0.3 is 10.6 Å². The number of amides is 1. The van der Waals surface area contributed by atoms with E-state index in [2.05, 4.69) is 15.8 Å². The van der Waals surface area contributed by atoms with Crippen molar-refractivity contribution < 1.29 is 4.79 Å². The Kier molecular flexibility index (Phi) is 4.07. The van der Waals surface area contributed by atoms with E-state index < -0.39 is 0 Å². The Morgan fingerprint density at radius 2 is 2.12 bits per heavy atom. The molecule has 0 heterocycles. The van der Waals surface area contributed by atoms with Crippen LogP contribution in [0.1, 0.15) is 12.5 Å². The molecule has 84 valence electrons. The molecule has 0 atom stereocenters. The minimum atomic E-state index is -0.250. The van der Waals surface area contributed by atoms with E-state index >= 15 is 0 Å². The second-order valence-corrected chi connectivity index (χ2v) is 3.63. The number of benzene rings is 1. The van der Waals surface area contributed by atoms with Gasteiger partial charge in [-0.2, -0.15) is 0 Å². The number of anilines is 1. The highest BCUT2D eigenvalue weighted by Gasteiger charge is 2.04. The zero-order valence-electron chi connectivity index (χ0n) is 8.90.